The van der Waals surface area contributed by atoms with Crippen LogP contribution in [0, 0.1) is 6.92 Å². The first kappa shape index (κ1) is 13.0. The van der Waals surface area contributed by atoms with Crippen LogP contribution in [0.2, 0.25) is 0 Å². The summed E-state index contributed by atoms with van der Waals surface area (Å²) >= 11 is 0. The van der Waals surface area contributed by atoms with Crippen LogP contribution in [0.4, 0.5) is 5.69 Å². The lowest BCUT2D eigenvalue weighted by Crippen LogP contribution is -2.34. The largest absolute Gasteiger partial charge is 0.399 e. The Morgan fingerprint density at radius 1 is 1.38 bits per heavy atom. The van der Waals surface area contributed by atoms with E-state index in [1.54, 1.807) is 6.07 Å². The van der Waals surface area contributed by atoms with E-state index in [9.17, 15) is 8.42 Å². The number of rotatable bonds is 4. The van der Waals surface area contributed by atoms with Crippen molar-refractivity contribution in [3.63, 3.8) is 0 Å². The molecule has 0 aliphatic carbocycles. The van der Waals surface area contributed by atoms with Gasteiger partial charge in [-0.2, -0.15) is 12.7 Å². The molecule has 0 heterocycles. The monoisotopic (exact) mass is 243 g/mol. The standard InChI is InChI=1S/C10H17N3O2S/c1-8-7-10(11)4-3-9(8)5-6-13(2)16(12,14)15/h3-4,7H,5-6,11H2,1-2H3,(H2,12,14,15). The first-order valence-electron chi connectivity index (χ1n) is 4.90. The second kappa shape index (κ2) is 4.82. The third-order valence-corrected chi connectivity index (χ3v) is 3.55. The minimum atomic E-state index is -3.59. The lowest BCUT2D eigenvalue weighted by Gasteiger charge is -2.14. The molecule has 0 aromatic heterocycles. The average molecular weight is 243 g/mol. The van der Waals surface area contributed by atoms with Crippen molar-refractivity contribution in [2.24, 2.45) is 5.14 Å². The van der Waals surface area contributed by atoms with E-state index in [0.717, 1.165) is 15.4 Å². The van der Waals surface area contributed by atoms with Crippen molar-refractivity contribution in [3.8, 4) is 0 Å². The van der Waals surface area contributed by atoms with Gasteiger partial charge in [-0.05, 0) is 36.6 Å². The topological polar surface area (TPSA) is 89.4 Å². The first-order valence-corrected chi connectivity index (χ1v) is 6.40. The number of hydrogen-bond donors (Lipinski definition) is 2. The summed E-state index contributed by atoms with van der Waals surface area (Å²) in [5.41, 5.74) is 8.47. The third kappa shape index (κ3) is 3.48. The van der Waals surface area contributed by atoms with Gasteiger partial charge in [0, 0.05) is 19.3 Å². The van der Waals surface area contributed by atoms with Gasteiger partial charge in [-0.1, -0.05) is 6.07 Å². The fourth-order valence-electron chi connectivity index (χ4n) is 1.40. The molecule has 0 saturated heterocycles. The van der Waals surface area contributed by atoms with Gasteiger partial charge in [-0.3, -0.25) is 0 Å². The number of hydrogen-bond acceptors (Lipinski definition) is 3. The van der Waals surface area contributed by atoms with Gasteiger partial charge in [0.2, 0.25) is 0 Å². The van der Waals surface area contributed by atoms with Gasteiger partial charge in [0.15, 0.2) is 0 Å². The fraction of sp³-hybridized carbons (Fsp3) is 0.400. The number of nitrogens with two attached hydrogens (primary N) is 2. The number of nitrogen functional groups attached to an aromatic ring is 1. The van der Waals surface area contributed by atoms with E-state index in [4.69, 9.17) is 10.9 Å². The van der Waals surface area contributed by atoms with Crippen LogP contribution < -0.4 is 10.9 Å². The molecular weight excluding hydrogens is 226 g/mol. The minimum absolute atomic E-state index is 0.365. The zero-order chi connectivity index (χ0) is 12.3. The minimum Gasteiger partial charge on any atom is -0.399 e. The number of nitrogens with zero attached hydrogens (tertiary/aromatic N) is 1. The van der Waals surface area contributed by atoms with Gasteiger partial charge in [0.25, 0.3) is 10.2 Å². The lowest BCUT2D eigenvalue weighted by molar-refractivity contribution is 0.473. The Labute approximate surface area is 96.2 Å². The molecule has 0 aliphatic heterocycles. The van der Waals surface area contributed by atoms with Crippen molar-refractivity contribution in [3.05, 3.63) is 29.3 Å². The molecule has 16 heavy (non-hydrogen) atoms. The van der Waals surface area contributed by atoms with Crippen molar-refractivity contribution in [1.29, 1.82) is 0 Å². The van der Waals surface area contributed by atoms with Gasteiger partial charge in [-0.25, -0.2) is 5.14 Å². The SMILES string of the molecule is Cc1cc(N)ccc1CCN(C)S(N)(=O)=O. The molecule has 0 saturated carbocycles. The average Bonchev–Trinajstić information content (AvgIpc) is 2.14. The van der Waals surface area contributed by atoms with Crippen molar-refractivity contribution in [1.82, 2.24) is 4.31 Å². The fourth-order valence-corrected chi connectivity index (χ4v) is 1.75. The zero-order valence-electron chi connectivity index (χ0n) is 9.47. The van der Waals surface area contributed by atoms with Crippen molar-refractivity contribution >= 4 is 15.9 Å². The highest BCUT2D eigenvalue weighted by atomic mass is 32.2. The molecule has 0 aliphatic rings. The maximum absolute atomic E-state index is 11.0. The highest BCUT2D eigenvalue weighted by molar-refractivity contribution is 7.86. The number of aryl methyl sites for hydroxylation is 1. The van der Waals surface area contributed by atoms with Crippen LogP contribution in [0.1, 0.15) is 11.1 Å². The number of benzene rings is 1. The summed E-state index contributed by atoms with van der Waals surface area (Å²) in [4.78, 5) is 0. The van der Waals surface area contributed by atoms with Crippen LogP contribution in [-0.4, -0.2) is 26.3 Å². The Morgan fingerprint density at radius 2 is 2.00 bits per heavy atom. The molecule has 0 fully saturated rings. The van der Waals surface area contributed by atoms with E-state index in [0.29, 0.717) is 18.7 Å². The predicted molar refractivity (Wildman–Crippen MR) is 65.0 cm³/mol. The van der Waals surface area contributed by atoms with Crippen LogP contribution in [0.25, 0.3) is 0 Å². The second-order valence-electron chi connectivity index (χ2n) is 3.80. The van der Waals surface area contributed by atoms with E-state index >= 15 is 0 Å². The maximum atomic E-state index is 11.0. The van der Waals surface area contributed by atoms with Gasteiger partial charge < -0.3 is 5.73 Å². The summed E-state index contributed by atoms with van der Waals surface area (Å²) < 4.78 is 23.1. The summed E-state index contributed by atoms with van der Waals surface area (Å²) in [6.07, 6.45) is 0.624. The normalized spacial score (nSPS) is 12.0. The van der Waals surface area contributed by atoms with Gasteiger partial charge in [0.05, 0.1) is 0 Å². The van der Waals surface area contributed by atoms with Crippen LogP contribution in [0.3, 0.4) is 0 Å². The first-order chi connectivity index (χ1) is 7.30. The molecule has 90 valence electrons. The predicted octanol–water partition coefficient (Wildman–Crippen LogP) is 0.255. The van der Waals surface area contributed by atoms with E-state index in [2.05, 4.69) is 0 Å². The molecule has 1 aromatic rings. The number of likely N-dealkylation sites (N-methyl/N-ethyl adjacent to an activating group) is 1. The summed E-state index contributed by atoms with van der Waals surface area (Å²) in [6, 6.07) is 5.58. The summed E-state index contributed by atoms with van der Waals surface area (Å²) in [5.74, 6) is 0. The Morgan fingerprint density at radius 3 is 2.50 bits per heavy atom. The third-order valence-electron chi connectivity index (χ3n) is 2.50. The smallest absolute Gasteiger partial charge is 0.276 e. The van der Waals surface area contributed by atoms with Gasteiger partial charge >= 0.3 is 0 Å². The van der Waals surface area contributed by atoms with Crippen LogP contribution in [0.15, 0.2) is 18.2 Å². The van der Waals surface area contributed by atoms with E-state index in [1.807, 2.05) is 19.1 Å². The van der Waals surface area contributed by atoms with Gasteiger partial charge in [-0.15, -0.1) is 0 Å². The Hall–Kier alpha value is -1.11. The van der Waals surface area contributed by atoms with Crippen molar-refractivity contribution < 1.29 is 8.42 Å². The van der Waals surface area contributed by atoms with E-state index in [-0.39, 0.29) is 0 Å². The number of anilines is 1. The van der Waals surface area contributed by atoms with Crippen molar-refractivity contribution in [2.45, 2.75) is 13.3 Å². The Bertz CT molecular complexity index is 471. The van der Waals surface area contributed by atoms with E-state index in [1.165, 1.54) is 7.05 Å². The second-order valence-corrected chi connectivity index (χ2v) is 5.46. The summed E-state index contributed by atoms with van der Waals surface area (Å²) in [7, 11) is -2.13. The van der Waals surface area contributed by atoms with Crippen LogP contribution in [0.5, 0.6) is 0 Å². The molecule has 0 unspecified atom stereocenters. The summed E-state index contributed by atoms with van der Waals surface area (Å²) in [5, 5.41) is 4.98. The molecule has 0 amide bonds. The molecule has 0 spiro atoms. The zero-order valence-corrected chi connectivity index (χ0v) is 10.3. The summed E-state index contributed by atoms with van der Waals surface area (Å²) in [6.45, 7) is 2.31. The van der Waals surface area contributed by atoms with Crippen LogP contribution >= 0.6 is 0 Å². The molecule has 5 nitrogen and oxygen atoms in total. The van der Waals surface area contributed by atoms with Crippen molar-refractivity contribution in [2.75, 3.05) is 19.3 Å². The molecule has 0 bridgehead atoms. The van der Waals surface area contributed by atoms with E-state index < -0.39 is 10.2 Å². The lowest BCUT2D eigenvalue weighted by atomic mass is 10.1. The molecule has 0 atom stereocenters. The molecule has 4 N–H and O–H groups in total. The maximum Gasteiger partial charge on any atom is 0.276 e. The highest BCUT2D eigenvalue weighted by Gasteiger charge is 2.11. The van der Waals surface area contributed by atoms with Crippen LogP contribution in [-0.2, 0) is 16.6 Å². The molecular formula is C10H17N3O2S. The Balaban J connectivity index is 2.69. The highest BCUT2D eigenvalue weighted by Crippen LogP contribution is 2.13. The molecule has 6 heteroatoms. The molecule has 1 rings (SSSR count). The molecule has 0 radical (unpaired) electrons. The van der Waals surface area contributed by atoms with Gasteiger partial charge in [0.1, 0.15) is 0 Å². The molecule has 1 aromatic carbocycles. The Kier molecular flexibility index (Phi) is 3.90. The quantitative estimate of drug-likeness (QED) is 0.743.